The Morgan fingerprint density at radius 3 is 3.00 bits per heavy atom. The maximum atomic E-state index is 11.9. The van der Waals surface area contributed by atoms with Crippen molar-refractivity contribution in [3.05, 3.63) is 11.9 Å². The lowest BCUT2D eigenvalue weighted by molar-refractivity contribution is -0.123. The zero-order chi connectivity index (χ0) is 13.2. The van der Waals surface area contributed by atoms with Gasteiger partial charge >= 0.3 is 0 Å². The maximum Gasteiger partial charge on any atom is 0.242 e. The average Bonchev–Trinajstić information content (AvgIpc) is 2.86. The number of nitrogens with one attached hydrogen (secondary N) is 1. The van der Waals surface area contributed by atoms with Gasteiger partial charge in [0, 0.05) is 12.6 Å². The number of amides is 1. The normalized spacial score (nSPS) is 22.1. The number of carbonyl (C=O) groups is 1. The van der Waals surface area contributed by atoms with Gasteiger partial charge in [0.15, 0.2) is 0 Å². The highest BCUT2D eigenvalue weighted by molar-refractivity contribution is 5.76. The minimum absolute atomic E-state index is 0.0107. The van der Waals surface area contributed by atoms with Crippen molar-refractivity contribution < 1.29 is 4.79 Å². The predicted molar refractivity (Wildman–Crippen MR) is 67.5 cm³/mol. The van der Waals surface area contributed by atoms with E-state index in [1.54, 1.807) is 6.20 Å². The molecule has 1 unspecified atom stereocenters. The number of rotatable bonds is 4. The molecule has 3 N–H and O–H groups in total. The molecule has 1 saturated carbocycles. The van der Waals surface area contributed by atoms with E-state index >= 15 is 0 Å². The second kappa shape index (κ2) is 5.06. The minimum Gasteiger partial charge on any atom is -0.351 e. The highest BCUT2D eigenvalue weighted by atomic mass is 16.2. The van der Waals surface area contributed by atoms with Gasteiger partial charge in [-0.1, -0.05) is 25.5 Å². The van der Waals surface area contributed by atoms with Gasteiger partial charge in [-0.25, -0.2) is 4.68 Å². The van der Waals surface area contributed by atoms with Crippen molar-refractivity contribution in [3.8, 4) is 0 Å². The summed E-state index contributed by atoms with van der Waals surface area (Å²) < 4.78 is 1.53. The standard InChI is InChI=1S/C12H21N5O/c1-12(2)5-3-4-10(12)14-11(18)8-17-7-9(6-13)15-16-17/h7,10H,3-6,8,13H2,1-2H3,(H,14,18). The zero-order valence-corrected chi connectivity index (χ0v) is 11.0. The third-order valence-corrected chi connectivity index (χ3v) is 3.69. The van der Waals surface area contributed by atoms with Gasteiger partial charge in [-0.05, 0) is 18.3 Å². The molecule has 1 aromatic heterocycles. The van der Waals surface area contributed by atoms with Gasteiger partial charge in [0.2, 0.25) is 5.91 Å². The maximum absolute atomic E-state index is 11.9. The first-order valence-electron chi connectivity index (χ1n) is 6.40. The Morgan fingerprint density at radius 1 is 1.67 bits per heavy atom. The molecule has 1 heterocycles. The molecule has 0 spiro atoms. The van der Waals surface area contributed by atoms with E-state index in [1.807, 2.05) is 0 Å². The summed E-state index contributed by atoms with van der Waals surface area (Å²) in [5.41, 5.74) is 6.34. The Morgan fingerprint density at radius 2 is 2.44 bits per heavy atom. The summed E-state index contributed by atoms with van der Waals surface area (Å²) in [6, 6.07) is 0.266. The van der Waals surface area contributed by atoms with Crippen LogP contribution in [-0.2, 0) is 17.9 Å². The second-order valence-corrected chi connectivity index (χ2v) is 5.61. The van der Waals surface area contributed by atoms with E-state index in [4.69, 9.17) is 5.73 Å². The van der Waals surface area contributed by atoms with Crippen LogP contribution in [0, 0.1) is 5.41 Å². The SMILES string of the molecule is CC1(C)CCCC1NC(=O)Cn1cc(CN)nn1. The van der Waals surface area contributed by atoms with Crippen LogP contribution in [0.4, 0.5) is 0 Å². The van der Waals surface area contributed by atoms with Crippen LogP contribution in [0.3, 0.4) is 0 Å². The third kappa shape index (κ3) is 2.87. The summed E-state index contributed by atoms with van der Waals surface area (Å²) in [5, 5.41) is 10.8. The molecule has 1 aliphatic rings. The van der Waals surface area contributed by atoms with Gasteiger partial charge in [-0.3, -0.25) is 4.79 Å². The van der Waals surface area contributed by atoms with Crippen LogP contribution in [0.5, 0.6) is 0 Å². The molecule has 6 nitrogen and oxygen atoms in total. The minimum atomic E-state index is -0.0107. The quantitative estimate of drug-likeness (QED) is 0.812. The monoisotopic (exact) mass is 251 g/mol. The molecule has 0 aromatic carbocycles. The van der Waals surface area contributed by atoms with Crippen molar-refractivity contribution in [2.45, 2.75) is 52.2 Å². The molecular weight excluding hydrogens is 230 g/mol. The molecule has 100 valence electrons. The summed E-state index contributed by atoms with van der Waals surface area (Å²) in [6.45, 7) is 4.96. The number of carbonyl (C=O) groups excluding carboxylic acids is 1. The lowest BCUT2D eigenvalue weighted by Crippen LogP contribution is -2.42. The van der Waals surface area contributed by atoms with E-state index < -0.39 is 0 Å². The lowest BCUT2D eigenvalue weighted by Gasteiger charge is -2.27. The van der Waals surface area contributed by atoms with Gasteiger partial charge in [-0.2, -0.15) is 0 Å². The molecule has 6 heteroatoms. The fourth-order valence-corrected chi connectivity index (χ4v) is 2.49. The largest absolute Gasteiger partial charge is 0.351 e. The van der Waals surface area contributed by atoms with Crippen LogP contribution in [0.1, 0.15) is 38.8 Å². The van der Waals surface area contributed by atoms with Crippen LogP contribution in [0.15, 0.2) is 6.20 Å². The Hall–Kier alpha value is -1.43. The van der Waals surface area contributed by atoms with Crippen molar-refractivity contribution in [2.75, 3.05) is 0 Å². The summed E-state index contributed by atoms with van der Waals surface area (Å²) >= 11 is 0. The molecule has 1 amide bonds. The molecule has 0 saturated heterocycles. The van der Waals surface area contributed by atoms with E-state index in [9.17, 15) is 4.79 Å². The Bertz CT molecular complexity index is 426. The molecular formula is C12H21N5O. The third-order valence-electron chi connectivity index (χ3n) is 3.69. The van der Waals surface area contributed by atoms with Crippen molar-refractivity contribution in [3.63, 3.8) is 0 Å². The van der Waals surface area contributed by atoms with E-state index in [0.717, 1.165) is 6.42 Å². The number of nitrogens with two attached hydrogens (primary N) is 1. The fourth-order valence-electron chi connectivity index (χ4n) is 2.49. The summed E-state index contributed by atoms with van der Waals surface area (Å²) in [7, 11) is 0. The van der Waals surface area contributed by atoms with Crippen molar-refractivity contribution in [1.29, 1.82) is 0 Å². The van der Waals surface area contributed by atoms with Crippen LogP contribution in [-0.4, -0.2) is 26.9 Å². The molecule has 0 bridgehead atoms. The first-order chi connectivity index (χ1) is 8.51. The first-order valence-corrected chi connectivity index (χ1v) is 6.40. The molecule has 0 radical (unpaired) electrons. The van der Waals surface area contributed by atoms with E-state index in [1.165, 1.54) is 17.5 Å². The van der Waals surface area contributed by atoms with E-state index in [2.05, 4.69) is 29.5 Å². The summed E-state index contributed by atoms with van der Waals surface area (Å²) in [5.74, 6) is -0.0107. The number of hydrogen-bond acceptors (Lipinski definition) is 4. The first kappa shape index (κ1) is 13.0. The van der Waals surface area contributed by atoms with Crippen LogP contribution in [0.2, 0.25) is 0 Å². The predicted octanol–water partition coefficient (Wildman–Crippen LogP) is 0.432. The Labute approximate surface area is 107 Å². The van der Waals surface area contributed by atoms with E-state index in [-0.39, 0.29) is 23.9 Å². The fraction of sp³-hybridized carbons (Fsp3) is 0.750. The van der Waals surface area contributed by atoms with Crippen LogP contribution < -0.4 is 11.1 Å². The van der Waals surface area contributed by atoms with E-state index in [0.29, 0.717) is 12.2 Å². The van der Waals surface area contributed by atoms with Gasteiger partial charge in [-0.15, -0.1) is 5.10 Å². The number of aromatic nitrogens is 3. The summed E-state index contributed by atoms with van der Waals surface area (Å²) in [4.78, 5) is 11.9. The molecule has 1 atom stereocenters. The topological polar surface area (TPSA) is 85.8 Å². The molecule has 1 fully saturated rings. The molecule has 1 aliphatic carbocycles. The zero-order valence-electron chi connectivity index (χ0n) is 11.0. The number of hydrogen-bond donors (Lipinski definition) is 2. The van der Waals surface area contributed by atoms with Gasteiger partial charge in [0.1, 0.15) is 6.54 Å². The van der Waals surface area contributed by atoms with Crippen LogP contribution >= 0.6 is 0 Å². The van der Waals surface area contributed by atoms with Crippen molar-refractivity contribution >= 4 is 5.91 Å². The average molecular weight is 251 g/mol. The summed E-state index contributed by atoms with van der Waals surface area (Å²) in [6.07, 6.45) is 5.11. The van der Waals surface area contributed by atoms with Crippen molar-refractivity contribution in [1.82, 2.24) is 20.3 Å². The highest BCUT2D eigenvalue weighted by Gasteiger charge is 2.35. The Balaban J connectivity index is 1.89. The van der Waals surface area contributed by atoms with Gasteiger partial charge in [0.05, 0.1) is 11.9 Å². The molecule has 2 rings (SSSR count). The lowest BCUT2D eigenvalue weighted by atomic mass is 9.87. The van der Waals surface area contributed by atoms with Crippen LogP contribution in [0.25, 0.3) is 0 Å². The smallest absolute Gasteiger partial charge is 0.242 e. The van der Waals surface area contributed by atoms with Gasteiger partial charge in [0.25, 0.3) is 0 Å². The molecule has 1 aromatic rings. The second-order valence-electron chi connectivity index (χ2n) is 5.61. The van der Waals surface area contributed by atoms with Crippen molar-refractivity contribution in [2.24, 2.45) is 11.1 Å². The van der Waals surface area contributed by atoms with Gasteiger partial charge < -0.3 is 11.1 Å². The number of nitrogens with zero attached hydrogens (tertiary/aromatic N) is 3. The molecule has 18 heavy (non-hydrogen) atoms. The molecule has 0 aliphatic heterocycles. The Kier molecular flexibility index (Phi) is 3.65. The highest BCUT2D eigenvalue weighted by Crippen LogP contribution is 2.37.